The van der Waals surface area contributed by atoms with E-state index in [4.69, 9.17) is 9.47 Å². The zero-order chi connectivity index (χ0) is 21.4. The van der Waals surface area contributed by atoms with Crippen molar-refractivity contribution in [2.75, 3.05) is 19.8 Å². The fraction of sp³-hybridized carbons (Fsp3) is 0.333. The third kappa shape index (κ3) is 3.45. The number of fused-ring (bicyclic) bond motifs is 1. The number of H-pyrrole nitrogens is 1. The number of aromatic amines is 1. The Bertz CT molecular complexity index is 1090. The predicted molar refractivity (Wildman–Crippen MR) is 115 cm³/mol. The number of amides is 1. The maximum Gasteiger partial charge on any atom is 0.273 e. The lowest BCUT2D eigenvalue weighted by molar-refractivity contribution is 0.0495. The van der Waals surface area contributed by atoms with Gasteiger partial charge in [-0.25, -0.2) is 0 Å². The van der Waals surface area contributed by atoms with Crippen LogP contribution in [0.25, 0.3) is 11.3 Å². The van der Waals surface area contributed by atoms with E-state index in [0.29, 0.717) is 24.6 Å². The summed E-state index contributed by atoms with van der Waals surface area (Å²) in [6.07, 6.45) is 1.97. The van der Waals surface area contributed by atoms with Crippen LogP contribution in [0.5, 0.6) is 11.5 Å². The number of aromatic hydroxyl groups is 1. The molecule has 1 fully saturated rings. The van der Waals surface area contributed by atoms with Crippen molar-refractivity contribution in [3.8, 4) is 22.8 Å². The monoisotopic (exact) mass is 419 g/mol. The number of carbonyl (C=O) groups is 1. The van der Waals surface area contributed by atoms with E-state index in [9.17, 15) is 9.90 Å². The van der Waals surface area contributed by atoms with Crippen LogP contribution in [0.15, 0.2) is 48.5 Å². The number of phenolic OH excluding ortho intramolecular Hbond substituents is 1. The Morgan fingerprint density at radius 1 is 1.26 bits per heavy atom. The van der Waals surface area contributed by atoms with E-state index in [1.165, 1.54) is 0 Å². The van der Waals surface area contributed by atoms with E-state index < -0.39 is 0 Å². The lowest BCUT2D eigenvalue weighted by atomic mass is 9.95. The molecular formula is C24H25N3O4. The highest BCUT2D eigenvalue weighted by molar-refractivity contribution is 6.00. The van der Waals surface area contributed by atoms with Crippen LogP contribution in [0, 0.1) is 0 Å². The Labute approximate surface area is 180 Å². The zero-order valence-electron chi connectivity index (χ0n) is 17.4. The van der Waals surface area contributed by atoms with Gasteiger partial charge < -0.3 is 19.5 Å². The van der Waals surface area contributed by atoms with Crippen molar-refractivity contribution in [2.45, 2.75) is 31.9 Å². The van der Waals surface area contributed by atoms with Crippen LogP contribution >= 0.6 is 0 Å². The first-order chi connectivity index (χ1) is 15.2. The molecule has 0 bridgehead atoms. The molecule has 0 aliphatic carbocycles. The second kappa shape index (κ2) is 8.07. The minimum Gasteiger partial charge on any atom is -0.504 e. The number of phenols is 1. The number of rotatable bonds is 6. The summed E-state index contributed by atoms with van der Waals surface area (Å²) in [6.45, 7) is 3.54. The van der Waals surface area contributed by atoms with Crippen LogP contribution < -0.4 is 4.74 Å². The van der Waals surface area contributed by atoms with E-state index in [2.05, 4.69) is 10.2 Å². The second-order valence-electron chi connectivity index (χ2n) is 7.88. The third-order valence-electron chi connectivity index (χ3n) is 5.93. The molecule has 2 aromatic carbocycles. The van der Waals surface area contributed by atoms with Gasteiger partial charge in [-0.05, 0) is 37.5 Å². The normalized spacial score (nSPS) is 20.3. The van der Waals surface area contributed by atoms with Crippen LogP contribution in [0.2, 0.25) is 0 Å². The molecule has 3 aromatic rings. The molecule has 2 N–H and O–H groups in total. The van der Waals surface area contributed by atoms with Crippen molar-refractivity contribution in [3.63, 3.8) is 0 Å². The summed E-state index contributed by atoms with van der Waals surface area (Å²) >= 11 is 0. The molecule has 1 aromatic heterocycles. The average molecular weight is 419 g/mol. The van der Waals surface area contributed by atoms with E-state index >= 15 is 0 Å². The van der Waals surface area contributed by atoms with Gasteiger partial charge in [0.2, 0.25) is 0 Å². The van der Waals surface area contributed by atoms with Crippen LogP contribution in [-0.4, -0.2) is 52.0 Å². The van der Waals surface area contributed by atoms with E-state index in [0.717, 1.165) is 41.8 Å². The van der Waals surface area contributed by atoms with Crippen molar-refractivity contribution in [1.82, 2.24) is 15.1 Å². The Balaban J connectivity index is 1.63. The summed E-state index contributed by atoms with van der Waals surface area (Å²) in [5.41, 5.74) is 3.93. The molecule has 160 valence electrons. The largest absolute Gasteiger partial charge is 0.504 e. The molecule has 2 aliphatic rings. The molecule has 7 nitrogen and oxygen atoms in total. The molecule has 0 radical (unpaired) electrons. The molecule has 0 saturated carbocycles. The van der Waals surface area contributed by atoms with Crippen LogP contribution in [-0.2, 0) is 4.74 Å². The predicted octanol–water partition coefficient (Wildman–Crippen LogP) is 3.91. The summed E-state index contributed by atoms with van der Waals surface area (Å²) in [6, 6.07) is 14.8. The second-order valence-corrected chi connectivity index (χ2v) is 7.88. The number of hydrogen-bond acceptors (Lipinski definition) is 5. The van der Waals surface area contributed by atoms with Gasteiger partial charge in [0.05, 0.1) is 24.4 Å². The van der Waals surface area contributed by atoms with Crippen LogP contribution in [0.4, 0.5) is 0 Å². The van der Waals surface area contributed by atoms with Gasteiger partial charge in [-0.15, -0.1) is 0 Å². The van der Waals surface area contributed by atoms with Crippen molar-refractivity contribution >= 4 is 5.91 Å². The van der Waals surface area contributed by atoms with Gasteiger partial charge in [0.1, 0.15) is 5.69 Å². The molecule has 2 aliphatic heterocycles. The Morgan fingerprint density at radius 2 is 2.10 bits per heavy atom. The number of ether oxygens (including phenoxy) is 2. The van der Waals surface area contributed by atoms with Crippen molar-refractivity contribution in [1.29, 1.82) is 0 Å². The quantitative estimate of drug-likeness (QED) is 0.633. The highest BCUT2D eigenvalue weighted by Crippen LogP contribution is 2.44. The van der Waals surface area contributed by atoms with E-state index in [1.54, 1.807) is 6.07 Å². The van der Waals surface area contributed by atoms with Gasteiger partial charge in [-0.2, -0.15) is 5.10 Å². The first-order valence-corrected chi connectivity index (χ1v) is 10.7. The number of aromatic nitrogens is 2. The zero-order valence-corrected chi connectivity index (χ0v) is 17.4. The first kappa shape index (κ1) is 19.6. The molecule has 0 spiro atoms. The molecule has 2 atom stereocenters. The summed E-state index contributed by atoms with van der Waals surface area (Å²) < 4.78 is 11.4. The van der Waals surface area contributed by atoms with Crippen LogP contribution in [0.3, 0.4) is 0 Å². The van der Waals surface area contributed by atoms with E-state index in [1.807, 2.05) is 54.3 Å². The van der Waals surface area contributed by atoms with Gasteiger partial charge in [0.15, 0.2) is 11.5 Å². The molecule has 31 heavy (non-hydrogen) atoms. The summed E-state index contributed by atoms with van der Waals surface area (Å²) in [5, 5.41) is 17.7. The fourth-order valence-electron chi connectivity index (χ4n) is 4.53. The first-order valence-electron chi connectivity index (χ1n) is 10.7. The Morgan fingerprint density at radius 3 is 2.84 bits per heavy atom. The summed E-state index contributed by atoms with van der Waals surface area (Å²) in [7, 11) is 0. The molecule has 3 heterocycles. The lowest BCUT2D eigenvalue weighted by Gasteiger charge is -2.28. The van der Waals surface area contributed by atoms with Crippen molar-refractivity contribution in [2.24, 2.45) is 0 Å². The number of carbonyl (C=O) groups excluding carboxylic acids is 1. The van der Waals surface area contributed by atoms with Gasteiger partial charge in [0, 0.05) is 24.3 Å². The third-order valence-corrected chi connectivity index (χ3v) is 5.93. The average Bonchev–Trinajstić information content (AvgIpc) is 3.51. The topological polar surface area (TPSA) is 87.7 Å². The molecular weight excluding hydrogens is 394 g/mol. The smallest absolute Gasteiger partial charge is 0.273 e. The number of hydrogen-bond donors (Lipinski definition) is 2. The van der Waals surface area contributed by atoms with Gasteiger partial charge in [-0.1, -0.05) is 36.4 Å². The molecule has 1 amide bonds. The number of nitrogens with zero attached hydrogens (tertiary/aromatic N) is 2. The van der Waals surface area contributed by atoms with Crippen LogP contribution in [0.1, 0.15) is 47.4 Å². The SMILES string of the molecule is CCOc1cc(C2c3c(-c4ccccc4)n[nH]c3C(=O)N2CC2CCCO2)ccc1O. The van der Waals surface area contributed by atoms with Crippen molar-refractivity contribution in [3.05, 3.63) is 65.4 Å². The fourth-order valence-corrected chi connectivity index (χ4v) is 4.53. The minimum atomic E-state index is -0.347. The molecule has 5 rings (SSSR count). The molecule has 2 unspecified atom stereocenters. The number of benzene rings is 2. The maximum atomic E-state index is 13.4. The number of nitrogens with one attached hydrogen (secondary N) is 1. The molecule has 7 heteroatoms. The standard InChI is InChI=1S/C24H25N3O4/c1-2-30-19-13-16(10-11-18(19)28)23-20-21(15-7-4-3-5-8-15)25-26-22(20)24(29)27(23)14-17-9-6-12-31-17/h3-5,7-8,10-11,13,17,23,28H,2,6,9,12,14H2,1H3,(H,25,26). The van der Waals surface area contributed by atoms with E-state index in [-0.39, 0.29) is 23.8 Å². The van der Waals surface area contributed by atoms with Gasteiger partial charge in [-0.3, -0.25) is 9.89 Å². The Hall–Kier alpha value is -3.32. The summed E-state index contributed by atoms with van der Waals surface area (Å²) in [5.74, 6) is 0.398. The Kier molecular flexibility index (Phi) is 5.11. The maximum absolute atomic E-state index is 13.4. The highest BCUT2D eigenvalue weighted by Gasteiger charge is 2.43. The van der Waals surface area contributed by atoms with Crippen molar-refractivity contribution < 1.29 is 19.4 Å². The molecule has 1 saturated heterocycles. The van der Waals surface area contributed by atoms with Gasteiger partial charge in [0.25, 0.3) is 5.91 Å². The highest BCUT2D eigenvalue weighted by atomic mass is 16.5. The minimum absolute atomic E-state index is 0.0204. The summed E-state index contributed by atoms with van der Waals surface area (Å²) in [4.78, 5) is 15.3. The lowest BCUT2D eigenvalue weighted by Crippen LogP contribution is -2.36. The van der Waals surface area contributed by atoms with Gasteiger partial charge >= 0.3 is 0 Å².